The van der Waals surface area contributed by atoms with Crippen LogP contribution < -0.4 is 9.80 Å². The second kappa shape index (κ2) is 10.2. The number of benzene rings is 2. The summed E-state index contributed by atoms with van der Waals surface area (Å²) >= 11 is 0. The number of rotatable bonds is 5. The average Bonchev–Trinajstić information content (AvgIpc) is 3.28. The molecule has 2 aliphatic rings. The van der Waals surface area contributed by atoms with Gasteiger partial charge in [-0.2, -0.15) is 0 Å². The SMILES string of the molecule is COC(O)N1c2ccc(-c3ccc(C(=O)N4CCC(O)C4)cc3)cc2N(C(=O)OC(C)C)CC1C. The Morgan fingerprint density at radius 3 is 2.31 bits per heavy atom. The van der Waals surface area contributed by atoms with E-state index in [4.69, 9.17) is 9.47 Å². The van der Waals surface area contributed by atoms with Gasteiger partial charge in [0.15, 0.2) is 0 Å². The van der Waals surface area contributed by atoms with E-state index in [0.29, 0.717) is 43.0 Å². The molecule has 2 heterocycles. The Morgan fingerprint density at radius 2 is 1.71 bits per heavy atom. The number of anilines is 2. The first-order chi connectivity index (χ1) is 16.7. The summed E-state index contributed by atoms with van der Waals surface area (Å²) < 4.78 is 10.6. The van der Waals surface area contributed by atoms with Crippen molar-refractivity contribution in [2.24, 2.45) is 0 Å². The molecular formula is C26H33N3O6. The number of fused-ring (bicyclic) bond motifs is 1. The Labute approximate surface area is 205 Å². The van der Waals surface area contributed by atoms with Crippen LogP contribution in [0, 0.1) is 0 Å². The molecule has 3 atom stereocenters. The van der Waals surface area contributed by atoms with Gasteiger partial charge in [0.2, 0.25) is 6.41 Å². The van der Waals surface area contributed by atoms with Gasteiger partial charge in [-0.3, -0.25) is 9.69 Å². The number of carbonyl (C=O) groups is 2. The molecule has 2 amide bonds. The molecule has 4 rings (SSSR count). The monoisotopic (exact) mass is 483 g/mol. The van der Waals surface area contributed by atoms with Crippen LogP contribution in [0.25, 0.3) is 11.1 Å². The van der Waals surface area contributed by atoms with Crippen molar-refractivity contribution >= 4 is 23.4 Å². The van der Waals surface area contributed by atoms with E-state index in [0.717, 1.165) is 11.1 Å². The molecule has 3 unspecified atom stereocenters. The number of likely N-dealkylation sites (tertiary alicyclic amines) is 1. The Kier molecular flexibility index (Phi) is 7.30. The van der Waals surface area contributed by atoms with E-state index in [1.54, 1.807) is 40.7 Å². The van der Waals surface area contributed by atoms with Crippen molar-refractivity contribution in [3.05, 3.63) is 48.0 Å². The van der Waals surface area contributed by atoms with Crippen LogP contribution in [0.3, 0.4) is 0 Å². The van der Waals surface area contributed by atoms with Gasteiger partial charge in [-0.1, -0.05) is 18.2 Å². The number of aliphatic hydroxyl groups excluding tert-OH is 2. The van der Waals surface area contributed by atoms with Crippen LogP contribution in [0.5, 0.6) is 0 Å². The Morgan fingerprint density at radius 1 is 1.03 bits per heavy atom. The molecule has 35 heavy (non-hydrogen) atoms. The summed E-state index contributed by atoms with van der Waals surface area (Å²) in [6.45, 7) is 6.74. The second-order valence-corrected chi connectivity index (χ2v) is 9.34. The number of hydrogen-bond donors (Lipinski definition) is 2. The third-order valence-electron chi connectivity index (χ3n) is 6.39. The standard InChI is InChI=1S/C26H33N3O6/c1-16(2)35-25(32)28-14-17(3)29(26(33)34-4)22-10-9-20(13-23(22)28)18-5-7-19(8-6-18)24(31)27-12-11-21(30)15-27/h5-10,13,16-17,21,26,30,33H,11-12,14-15H2,1-4H3. The normalized spacial score (nSPS) is 20.7. The maximum absolute atomic E-state index is 12.9. The molecule has 9 heteroatoms. The van der Waals surface area contributed by atoms with Gasteiger partial charge in [0, 0.05) is 38.3 Å². The highest BCUT2D eigenvalue weighted by molar-refractivity contribution is 5.97. The number of methoxy groups -OCH3 is 1. The highest BCUT2D eigenvalue weighted by atomic mass is 16.6. The van der Waals surface area contributed by atoms with Crippen LogP contribution in [0.2, 0.25) is 0 Å². The smallest absolute Gasteiger partial charge is 0.414 e. The minimum Gasteiger partial charge on any atom is -0.446 e. The first-order valence-corrected chi connectivity index (χ1v) is 11.9. The molecule has 0 aromatic heterocycles. The fourth-order valence-corrected chi connectivity index (χ4v) is 4.63. The van der Waals surface area contributed by atoms with Gasteiger partial charge in [0.05, 0.1) is 23.6 Å². The summed E-state index contributed by atoms with van der Waals surface area (Å²) in [5.41, 5.74) is 3.55. The quantitative estimate of drug-likeness (QED) is 0.630. The number of carbonyl (C=O) groups excluding carboxylic acids is 2. The number of amides is 2. The summed E-state index contributed by atoms with van der Waals surface area (Å²) in [7, 11) is 1.43. The molecule has 0 saturated carbocycles. The maximum Gasteiger partial charge on any atom is 0.414 e. The van der Waals surface area contributed by atoms with Crippen molar-refractivity contribution in [3.63, 3.8) is 0 Å². The van der Waals surface area contributed by atoms with Crippen LogP contribution in [0.4, 0.5) is 16.2 Å². The second-order valence-electron chi connectivity index (χ2n) is 9.34. The van der Waals surface area contributed by atoms with Crippen molar-refractivity contribution in [3.8, 4) is 11.1 Å². The van der Waals surface area contributed by atoms with E-state index in [-0.39, 0.29) is 18.1 Å². The summed E-state index contributed by atoms with van der Waals surface area (Å²) in [4.78, 5) is 30.6. The van der Waals surface area contributed by atoms with E-state index in [1.807, 2.05) is 37.3 Å². The number of β-amino-alcohol motifs (C(OH)–C–C–N with tert-alkyl or cyclic N) is 1. The summed E-state index contributed by atoms with van der Waals surface area (Å²) in [6.07, 6.45) is -1.74. The van der Waals surface area contributed by atoms with Gasteiger partial charge in [-0.25, -0.2) is 4.79 Å². The van der Waals surface area contributed by atoms with E-state index in [1.165, 1.54) is 7.11 Å². The van der Waals surface area contributed by atoms with Gasteiger partial charge >= 0.3 is 6.09 Å². The molecule has 188 valence electrons. The van der Waals surface area contributed by atoms with Crippen LogP contribution in [-0.2, 0) is 9.47 Å². The van der Waals surface area contributed by atoms with E-state index >= 15 is 0 Å². The molecule has 1 fully saturated rings. The lowest BCUT2D eigenvalue weighted by molar-refractivity contribution is -0.0785. The van der Waals surface area contributed by atoms with Crippen molar-refractivity contribution in [2.45, 2.75) is 51.9 Å². The lowest BCUT2D eigenvalue weighted by atomic mass is 10.00. The zero-order valence-corrected chi connectivity index (χ0v) is 20.5. The van der Waals surface area contributed by atoms with Crippen molar-refractivity contribution in [1.82, 2.24) is 4.90 Å². The molecule has 2 aliphatic heterocycles. The van der Waals surface area contributed by atoms with Gasteiger partial charge in [0.25, 0.3) is 5.91 Å². The van der Waals surface area contributed by atoms with Gasteiger partial charge in [0.1, 0.15) is 0 Å². The zero-order chi connectivity index (χ0) is 25.3. The third kappa shape index (κ3) is 5.12. The number of nitrogens with zero attached hydrogens (tertiary/aromatic N) is 3. The van der Waals surface area contributed by atoms with Crippen molar-refractivity contribution in [2.75, 3.05) is 36.5 Å². The predicted molar refractivity (Wildman–Crippen MR) is 132 cm³/mol. The van der Waals surface area contributed by atoms with Crippen molar-refractivity contribution in [1.29, 1.82) is 0 Å². The topological polar surface area (TPSA) is 103 Å². The largest absolute Gasteiger partial charge is 0.446 e. The number of aliphatic hydroxyl groups is 2. The molecule has 2 N–H and O–H groups in total. The molecule has 2 aromatic rings. The fourth-order valence-electron chi connectivity index (χ4n) is 4.63. The van der Waals surface area contributed by atoms with Crippen LogP contribution >= 0.6 is 0 Å². The minimum atomic E-state index is -1.16. The number of hydrogen-bond acceptors (Lipinski definition) is 7. The molecular weight excluding hydrogens is 450 g/mol. The van der Waals surface area contributed by atoms with Gasteiger partial charge < -0.3 is 29.5 Å². The Bertz CT molecular complexity index is 1070. The highest BCUT2D eigenvalue weighted by Crippen LogP contribution is 2.40. The lowest BCUT2D eigenvalue weighted by Crippen LogP contribution is -2.54. The summed E-state index contributed by atoms with van der Waals surface area (Å²) in [6, 6.07) is 12.7. The van der Waals surface area contributed by atoms with Crippen LogP contribution in [0.1, 0.15) is 37.6 Å². The first-order valence-electron chi connectivity index (χ1n) is 11.9. The average molecular weight is 484 g/mol. The molecule has 1 saturated heterocycles. The third-order valence-corrected chi connectivity index (χ3v) is 6.39. The van der Waals surface area contributed by atoms with Gasteiger partial charge in [-0.15, -0.1) is 0 Å². The van der Waals surface area contributed by atoms with Crippen LogP contribution in [0.15, 0.2) is 42.5 Å². The summed E-state index contributed by atoms with van der Waals surface area (Å²) in [5.74, 6) is -0.0978. The van der Waals surface area contributed by atoms with E-state index in [2.05, 4.69) is 0 Å². The Balaban J connectivity index is 1.66. The molecule has 9 nitrogen and oxygen atoms in total. The zero-order valence-electron chi connectivity index (χ0n) is 20.5. The minimum absolute atomic E-state index is 0.0978. The predicted octanol–water partition coefficient (Wildman–Crippen LogP) is 3.04. The van der Waals surface area contributed by atoms with E-state index < -0.39 is 18.6 Å². The van der Waals surface area contributed by atoms with Crippen molar-refractivity contribution < 1.29 is 29.3 Å². The van der Waals surface area contributed by atoms with Crippen LogP contribution in [-0.4, -0.2) is 78.5 Å². The van der Waals surface area contributed by atoms with Gasteiger partial charge in [-0.05, 0) is 62.6 Å². The number of ether oxygens (including phenoxy) is 2. The van der Waals surface area contributed by atoms with E-state index in [9.17, 15) is 19.8 Å². The highest BCUT2D eigenvalue weighted by Gasteiger charge is 2.36. The molecule has 0 bridgehead atoms. The molecule has 0 radical (unpaired) electrons. The molecule has 0 aliphatic carbocycles. The molecule has 2 aromatic carbocycles. The Hall–Kier alpha value is -3.14. The lowest BCUT2D eigenvalue weighted by Gasteiger charge is -2.43. The summed E-state index contributed by atoms with van der Waals surface area (Å²) in [5, 5.41) is 20.2. The molecule has 0 spiro atoms. The first kappa shape index (κ1) is 25.0. The fraction of sp³-hybridized carbons (Fsp3) is 0.462. The maximum atomic E-state index is 12.9.